The summed E-state index contributed by atoms with van der Waals surface area (Å²) < 4.78 is 12.2. The third kappa shape index (κ3) is 21.7. The van der Waals surface area contributed by atoms with Crippen molar-refractivity contribution in [3.05, 3.63) is 0 Å². The third-order valence-corrected chi connectivity index (χ3v) is 1.60. The number of esters is 3. The molecule has 0 spiro atoms. The maximum Gasteiger partial charge on any atom is 3.00 e. The topological polar surface area (TPSA) is 148 Å². The van der Waals surface area contributed by atoms with E-state index in [9.17, 15) is 29.7 Å². The molecule has 10 heteroatoms. The van der Waals surface area contributed by atoms with Gasteiger partial charge in [0.15, 0.2) is 0 Å². The summed E-state index contributed by atoms with van der Waals surface area (Å²) in [4.78, 5) is 29.9. The van der Waals surface area contributed by atoms with Crippen LogP contribution < -0.4 is 15.3 Å². The molecule has 0 saturated carbocycles. The summed E-state index contributed by atoms with van der Waals surface area (Å²) in [5.41, 5.74) is 0. The van der Waals surface area contributed by atoms with E-state index in [1.807, 2.05) is 0 Å². The Balaban J connectivity index is -0.000000108. The fraction of sp³-hybridized carbons (Fsp3) is 0.750. The largest absolute Gasteiger partial charge is 3.00 e. The molecule has 126 valence electrons. The molecule has 0 amide bonds. The van der Waals surface area contributed by atoms with Crippen molar-refractivity contribution in [2.24, 2.45) is 0 Å². The molecule has 0 heterocycles. The summed E-state index contributed by atoms with van der Waals surface area (Å²) in [6, 6.07) is 0. The Bertz CT molecular complexity index is 255. The molecule has 0 aromatic heterocycles. The van der Waals surface area contributed by atoms with E-state index in [1.165, 1.54) is 42.1 Å². The van der Waals surface area contributed by atoms with Crippen LogP contribution in [0.1, 0.15) is 20.8 Å². The van der Waals surface area contributed by atoms with Crippen molar-refractivity contribution in [3.8, 4) is 0 Å². The number of methoxy groups -OCH3 is 3. The molecular weight excluding hydrogens is 377 g/mol. The van der Waals surface area contributed by atoms with Crippen LogP contribution in [0.5, 0.6) is 0 Å². The van der Waals surface area contributed by atoms with E-state index in [-0.39, 0.29) is 32.7 Å². The van der Waals surface area contributed by atoms with Crippen LogP contribution in [0.25, 0.3) is 0 Å². The van der Waals surface area contributed by atoms with E-state index in [4.69, 9.17) is 0 Å². The Labute approximate surface area is 154 Å². The van der Waals surface area contributed by atoms with Crippen LogP contribution in [0.2, 0.25) is 0 Å². The first-order valence-corrected chi connectivity index (χ1v) is 5.75. The second kappa shape index (κ2) is 18.4. The quantitative estimate of drug-likeness (QED) is 0.352. The fourth-order valence-electron chi connectivity index (χ4n) is 0.498. The Morgan fingerprint density at radius 3 is 0.773 bits per heavy atom. The van der Waals surface area contributed by atoms with Crippen LogP contribution >= 0.6 is 0 Å². The molecule has 0 bridgehead atoms. The van der Waals surface area contributed by atoms with Gasteiger partial charge in [0.25, 0.3) is 17.9 Å². The predicted molar refractivity (Wildman–Crippen MR) is 64.4 cm³/mol. The summed E-state index contributed by atoms with van der Waals surface area (Å²) in [6.07, 6.45) is -3.74. The second-order valence-electron chi connectivity index (χ2n) is 3.50. The molecule has 22 heavy (non-hydrogen) atoms. The first-order chi connectivity index (χ1) is 9.54. The summed E-state index contributed by atoms with van der Waals surface area (Å²) in [5.74, 6) is -2.12. The van der Waals surface area contributed by atoms with E-state index in [0.717, 1.165) is 0 Å². The smallest absolute Gasteiger partial charge is 0.844 e. The van der Waals surface area contributed by atoms with E-state index >= 15 is 0 Å². The Morgan fingerprint density at radius 2 is 0.773 bits per heavy atom. The normalized spacial score (nSPS) is 12.4. The zero-order valence-corrected chi connectivity index (χ0v) is 16.3. The predicted octanol–water partition coefficient (Wildman–Crippen LogP) is -3.28. The molecule has 0 radical (unpaired) electrons. The molecule has 0 aromatic rings. The zero-order valence-electron chi connectivity index (χ0n) is 13.5. The van der Waals surface area contributed by atoms with Crippen molar-refractivity contribution in [2.75, 3.05) is 21.3 Å². The average molecular weight is 398 g/mol. The van der Waals surface area contributed by atoms with E-state index < -0.39 is 36.2 Å². The van der Waals surface area contributed by atoms with Crippen molar-refractivity contribution in [2.45, 2.75) is 39.1 Å². The number of carbonyl (C=O) groups excluding carboxylic acids is 3. The van der Waals surface area contributed by atoms with Crippen molar-refractivity contribution < 1.29 is 76.6 Å². The average Bonchev–Trinajstić information content (AvgIpc) is 2.45. The van der Waals surface area contributed by atoms with Crippen LogP contribution in [-0.4, -0.2) is 57.5 Å². The number of ether oxygens (including phenoxy) is 3. The van der Waals surface area contributed by atoms with Gasteiger partial charge in [0, 0.05) is 0 Å². The van der Waals surface area contributed by atoms with Gasteiger partial charge in [0.2, 0.25) is 0 Å². The van der Waals surface area contributed by atoms with Crippen LogP contribution in [0.15, 0.2) is 0 Å². The van der Waals surface area contributed by atoms with Crippen LogP contribution in [0.3, 0.4) is 0 Å². The van der Waals surface area contributed by atoms with E-state index in [0.29, 0.717) is 0 Å². The number of rotatable bonds is 3. The first kappa shape index (κ1) is 29.4. The molecule has 0 aromatic carbocycles. The maximum atomic E-state index is 9.98. The minimum atomic E-state index is -1.25. The van der Waals surface area contributed by atoms with Crippen molar-refractivity contribution in [1.82, 2.24) is 0 Å². The standard InChI is InChI=1S/3C4H7O3.Y/c3*1-3(5)4(6)7-2;/h3*3H,1-2H3;/q3*-1;+3. The van der Waals surface area contributed by atoms with Gasteiger partial charge in [-0.3, -0.25) is 14.4 Å². The van der Waals surface area contributed by atoms with Crippen molar-refractivity contribution in [3.63, 3.8) is 0 Å². The van der Waals surface area contributed by atoms with Gasteiger partial charge in [-0.2, -0.15) is 0 Å². The molecule has 0 saturated heterocycles. The second-order valence-corrected chi connectivity index (χ2v) is 3.50. The van der Waals surface area contributed by atoms with Crippen molar-refractivity contribution >= 4 is 17.9 Å². The Morgan fingerprint density at radius 1 is 0.636 bits per heavy atom. The van der Waals surface area contributed by atoms with Crippen LogP contribution in [0, 0.1) is 0 Å². The molecular formula is C12H21O9Y. The van der Waals surface area contributed by atoms with Gasteiger partial charge in [-0.25, -0.2) is 0 Å². The van der Waals surface area contributed by atoms with E-state index in [1.54, 1.807) is 0 Å². The van der Waals surface area contributed by atoms with Gasteiger partial charge in [-0.15, -0.1) is 0 Å². The minimum absolute atomic E-state index is 0. The molecule has 0 aliphatic heterocycles. The van der Waals surface area contributed by atoms with Gasteiger partial charge < -0.3 is 29.5 Å². The number of hydrogen-bond donors (Lipinski definition) is 0. The molecule has 9 nitrogen and oxygen atoms in total. The van der Waals surface area contributed by atoms with Crippen molar-refractivity contribution in [1.29, 1.82) is 0 Å². The van der Waals surface area contributed by atoms with E-state index in [2.05, 4.69) is 14.2 Å². The molecule has 0 rings (SSSR count). The molecule has 3 atom stereocenters. The first-order valence-electron chi connectivity index (χ1n) is 5.75. The number of hydrogen-bond acceptors (Lipinski definition) is 9. The van der Waals surface area contributed by atoms with Gasteiger partial charge in [-0.05, 0) is 18.3 Å². The van der Waals surface area contributed by atoms with Crippen LogP contribution in [0.4, 0.5) is 0 Å². The Hall–Kier alpha value is -0.606. The maximum absolute atomic E-state index is 9.98. The number of carbonyl (C=O) groups is 3. The summed E-state index contributed by atoms with van der Waals surface area (Å²) in [5, 5.41) is 30.0. The monoisotopic (exact) mass is 398 g/mol. The minimum Gasteiger partial charge on any atom is -0.844 e. The van der Waals surface area contributed by atoms with Gasteiger partial charge in [-0.1, -0.05) is 20.8 Å². The summed E-state index contributed by atoms with van der Waals surface area (Å²) >= 11 is 0. The molecule has 0 N–H and O–H groups in total. The SMILES string of the molecule is COC(=O)C(C)[O-].COC(=O)C(C)[O-].COC(=O)C(C)[O-].[Y+3]. The van der Waals surface area contributed by atoms with Gasteiger partial charge in [0.05, 0.1) is 21.3 Å². The Kier molecular flexibility index (Phi) is 24.7. The van der Waals surface area contributed by atoms with Gasteiger partial charge >= 0.3 is 32.7 Å². The molecule has 0 fully saturated rings. The zero-order chi connectivity index (χ0) is 17.6. The molecule has 0 aliphatic carbocycles. The molecule has 0 aliphatic rings. The molecule has 3 unspecified atom stereocenters. The van der Waals surface area contributed by atoms with Crippen LogP contribution in [-0.2, 0) is 61.3 Å². The fourth-order valence-corrected chi connectivity index (χ4v) is 0.498. The summed E-state index contributed by atoms with van der Waals surface area (Å²) in [7, 11) is 3.57. The summed E-state index contributed by atoms with van der Waals surface area (Å²) in [6.45, 7) is 3.73. The van der Waals surface area contributed by atoms with Gasteiger partial charge in [0.1, 0.15) is 0 Å². The third-order valence-electron chi connectivity index (χ3n) is 1.60.